The monoisotopic (exact) mass is 363 g/mol. The average molecular weight is 363 g/mol. The van der Waals surface area contributed by atoms with Gasteiger partial charge in [-0.2, -0.15) is 0 Å². The first-order chi connectivity index (χ1) is 7.74. The number of rotatable bonds is 3. The van der Waals surface area contributed by atoms with Crippen molar-refractivity contribution >= 4 is 28.6 Å². The number of pyridine rings is 1. The first-order valence-electron chi connectivity index (χ1n) is 3.98. The zero-order valence-corrected chi connectivity index (χ0v) is 10.4. The van der Waals surface area contributed by atoms with Crippen molar-refractivity contribution in [1.29, 1.82) is 0 Å². The van der Waals surface area contributed by atoms with Gasteiger partial charge in [-0.25, -0.2) is 9.78 Å². The van der Waals surface area contributed by atoms with Crippen molar-refractivity contribution in [1.82, 2.24) is 4.98 Å². The molecule has 9 heteroatoms. The van der Waals surface area contributed by atoms with Crippen LogP contribution in [0, 0.1) is 3.70 Å². The second-order valence-corrected chi connectivity index (χ2v) is 3.79. The highest BCUT2D eigenvalue weighted by Crippen LogP contribution is 2.34. The molecule has 1 aromatic rings. The van der Waals surface area contributed by atoms with Gasteiger partial charge in [0.15, 0.2) is 0 Å². The molecule has 0 fully saturated rings. The van der Waals surface area contributed by atoms with Crippen LogP contribution >= 0.6 is 22.6 Å². The lowest BCUT2D eigenvalue weighted by atomic mass is 10.2. The topological polar surface area (TPSA) is 68.7 Å². The minimum Gasteiger partial charge on any atom is -0.478 e. The molecular formula is C8H5F3INO4. The van der Waals surface area contributed by atoms with Gasteiger partial charge in [-0.3, -0.25) is 0 Å². The van der Waals surface area contributed by atoms with E-state index in [-0.39, 0.29) is 3.70 Å². The standard InChI is InChI=1S/C8H5F3INO4/c1-16-6-5(17-8(9,10)11)3(7(14)15)2-4(12)13-6/h2H,1H3,(H,14,15). The minimum atomic E-state index is -5.02. The first-order valence-corrected chi connectivity index (χ1v) is 5.06. The van der Waals surface area contributed by atoms with Gasteiger partial charge in [0.05, 0.1) is 7.11 Å². The van der Waals surface area contributed by atoms with Crippen LogP contribution in [-0.4, -0.2) is 29.5 Å². The molecule has 0 aliphatic rings. The summed E-state index contributed by atoms with van der Waals surface area (Å²) in [6.45, 7) is 0. The predicted octanol–water partition coefficient (Wildman–Crippen LogP) is 2.29. The number of aromatic nitrogens is 1. The smallest absolute Gasteiger partial charge is 0.478 e. The van der Waals surface area contributed by atoms with Crippen molar-refractivity contribution in [3.05, 3.63) is 15.3 Å². The largest absolute Gasteiger partial charge is 0.573 e. The Kier molecular flexibility index (Phi) is 4.01. The summed E-state index contributed by atoms with van der Waals surface area (Å²) in [5.74, 6) is -3.07. The molecule has 0 unspecified atom stereocenters. The van der Waals surface area contributed by atoms with E-state index < -0.39 is 29.5 Å². The predicted molar refractivity (Wildman–Crippen MR) is 57.1 cm³/mol. The number of carbonyl (C=O) groups is 1. The minimum absolute atomic E-state index is 0.173. The summed E-state index contributed by atoms with van der Waals surface area (Å²) in [5.41, 5.74) is -0.668. The molecule has 1 rings (SSSR count). The van der Waals surface area contributed by atoms with Gasteiger partial charge in [0, 0.05) is 0 Å². The Hall–Kier alpha value is -1.26. The molecule has 0 aliphatic heterocycles. The number of nitrogens with zero attached hydrogens (tertiary/aromatic N) is 1. The molecule has 1 N–H and O–H groups in total. The second-order valence-electron chi connectivity index (χ2n) is 2.68. The number of carboxylic acid groups (broad SMARTS) is 1. The summed E-state index contributed by atoms with van der Waals surface area (Å²) < 4.78 is 44.6. The third-order valence-corrected chi connectivity index (χ3v) is 2.10. The second kappa shape index (κ2) is 4.94. The van der Waals surface area contributed by atoms with Crippen LogP contribution in [0.15, 0.2) is 6.07 Å². The molecule has 5 nitrogen and oxygen atoms in total. The zero-order chi connectivity index (χ0) is 13.2. The van der Waals surface area contributed by atoms with E-state index in [0.717, 1.165) is 13.2 Å². The molecule has 94 valence electrons. The quantitative estimate of drug-likeness (QED) is 0.660. The molecule has 0 bridgehead atoms. The van der Waals surface area contributed by atoms with Gasteiger partial charge in [-0.15, -0.1) is 13.2 Å². The SMILES string of the molecule is COc1nc(I)cc(C(=O)O)c1OC(F)(F)F. The normalized spacial score (nSPS) is 11.1. The number of hydrogen-bond donors (Lipinski definition) is 1. The summed E-state index contributed by atoms with van der Waals surface area (Å²) in [6, 6.07) is 0.951. The van der Waals surface area contributed by atoms with E-state index in [1.165, 1.54) is 0 Å². The van der Waals surface area contributed by atoms with Crippen molar-refractivity contribution < 1.29 is 32.5 Å². The molecule has 0 spiro atoms. The summed E-state index contributed by atoms with van der Waals surface area (Å²) >= 11 is 1.65. The van der Waals surface area contributed by atoms with Gasteiger partial charge in [0.1, 0.15) is 9.26 Å². The van der Waals surface area contributed by atoms with E-state index in [1.807, 2.05) is 0 Å². The lowest BCUT2D eigenvalue weighted by molar-refractivity contribution is -0.275. The van der Waals surface area contributed by atoms with Crippen molar-refractivity contribution in [2.75, 3.05) is 7.11 Å². The highest BCUT2D eigenvalue weighted by Gasteiger charge is 2.35. The van der Waals surface area contributed by atoms with Crippen LogP contribution < -0.4 is 9.47 Å². The maximum absolute atomic E-state index is 12.1. The van der Waals surface area contributed by atoms with Gasteiger partial charge in [0.25, 0.3) is 5.88 Å². The Morgan fingerprint density at radius 2 is 2.12 bits per heavy atom. The van der Waals surface area contributed by atoms with Crippen molar-refractivity contribution in [2.45, 2.75) is 6.36 Å². The highest BCUT2D eigenvalue weighted by atomic mass is 127. The third-order valence-electron chi connectivity index (χ3n) is 1.55. The van der Waals surface area contributed by atoms with E-state index in [2.05, 4.69) is 14.5 Å². The highest BCUT2D eigenvalue weighted by molar-refractivity contribution is 14.1. The van der Waals surface area contributed by atoms with Crippen LogP contribution in [-0.2, 0) is 0 Å². The first kappa shape index (κ1) is 13.8. The summed E-state index contributed by atoms with van der Waals surface area (Å²) in [4.78, 5) is 14.4. The average Bonchev–Trinajstić information content (AvgIpc) is 2.17. The van der Waals surface area contributed by atoms with E-state index in [4.69, 9.17) is 5.11 Å². The van der Waals surface area contributed by atoms with E-state index in [1.54, 1.807) is 22.6 Å². The molecule has 0 aliphatic carbocycles. The fourth-order valence-corrected chi connectivity index (χ4v) is 1.52. The fraction of sp³-hybridized carbons (Fsp3) is 0.250. The summed E-state index contributed by atoms with van der Waals surface area (Å²) in [5, 5.41) is 8.77. The molecule has 1 heterocycles. The van der Waals surface area contributed by atoms with Crippen LogP contribution in [0.25, 0.3) is 0 Å². The summed E-state index contributed by atoms with van der Waals surface area (Å²) in [6.07, 6.45) is -5.02. The van der Waals surface area contributed by atoms with Crippen LogP contribution in [0.3, 0.4) is 0 Å². The Bertz CT molecular complexity index is 449. The lowest BCUT2D eigenvalue weighted by Gasteiger charge is -2.14. The Balaban J connectivity index is 3.37. The maximum Gasteiger partial charge on any atom is 0.573 e. The number of ether oxygens (including phenoxy) is 2. The van der Waals surface area contributed by atoms with Gasteiger partial charge < -0.3 is 14.6 Å². The number of hydrogen-bond acceptors (Lipinski definition) is 4. The molecule has 17 heavy (non-hydrogen) atoms. The van der Waals surface area contributed by atoms with E-state index in [0.29, 0.717) is 0 Å². The van der Waals surface area contributed by atoms with Crippen LogP contribution in [0.4, 0.5) is 13.2 Å². The Morgan fingerprint density at radius 3 is 2.53 bits per heavy atom. The molecule has 1 aromatic heterocycles. The number of alkyl halides is 3. The van der Waals surface area contributed by atoms with Crippen LogP contribution in [0.5, 0.6) is 11.6 Å². The fourth-order valence-electron chi connectivity index (χ4n) is 0.991. The summed E-state index contributed by atoms with van der Waals surface area (Å²) in [7, 11) is 1.06. The zero-order valence-electron chi connectivity index (χ0n) is 8.21. The van der Waals surface area contributed by atoms with Crippen molar-refractivity contribution in [3.63, 3.8) is 0 Å². The molecule has 0 saturated carbocycles. The molecule has 0 amide bonds. The molecule has 0 radical (unpaired) electrons. The van der Waals surface area contributed by atoms with Crippen molar-refractivity contribution in [2.24, 2.45) is 0 Å². The Labute approximate surface area is 107 Å². The number of methoxy groups -OCH3 is 1. The Morgan fingerprint density at radius 1 is 1.53 bits per heavy atom. The molecule has 0 aromatic carbocycles. The van der Waals surface area contributed by atoms with Gasteiger partial charge >= 0.3 is 12.3 Å². The maximum atomic E-state index is 12.1. The molecule has 0 atom stereocenters. The number of aromatic carboxylic acids is 1. The van der Waals surface area contributed by atoms with Gasteiger partial charge in [-0.05, 0) is 28.7 Å². The molecule has 0 saturated heterocycles. The van der Waals surface area contributed by atoms with E-state index >= 15 is 0 Å². The molecular weight excluding hydrogens is 358 g/mol. The van der Waals surface area contributed by atoms with Gasteiger partial charge in [-0.1, -0.05) is 0 Å². The third kappa shape index (κ3) is 3.61. The number of halogens is 4. The van der Waals surface area contributed by atoms with Gasteiger partial charge in [0.2, 0.25) is 5.75 Å². The van der Waals surface area contributed by atoms with Crippen LogP contribution in [0.2, 0.25) is 0 Å². The lowest BCUT2D eigenvalue weighted by Crippen LogP contribution is -2.20. The number of carboxylic acids is 1. The van der Waals surface area contributed by atoms with Crippen molar-refractivity contribution in [3.8, 4) is 11.6 Å². The van der Waals surface area contributed by atoms with E-state index in [9.17, 15) is 18.0 Å². The van der Waals surface area contributed by atoms with Crippen LogP contribution in [0.1, 0.15) is 10.4 Å².